The second-order valence-electron chi connectivity index (χ2n) is 7.20. The molecule has 1 aromatic heterocycles. The van der Waals surface area contributed by atoms with Gasteiger partial charge in [-0.15, -0.1) is 5.10 Å². The summed E-state index contributed by atoms with van der Waals surface area (Å²) in [7, 11) is 0. The molecule has 1 saturated heterocycles. The first kappa shape index (κ1) is 23.3. The number of hydrogen-bond donors (Lipinski definition) is 2. The van der Waals surface area contributed by atoms with Crippen LogP contribution in [0.25, 0.3) is 5.69 Å². The van der Waals surface area contributed by atoms with E-state index in [2.05, 4.69) is 15.4 Å². The van der Waals surface area contributed by atoms with Gasteiger partial charge in [-0.2, -0.15) is 13.2 Å². The van der Waals surface area contributed by atoms with Gasteiger partial charge in [0.2, 0.25) is 5.82 Å². The van der Waals surface area contributed by atoms with Crippen LogP contribution in [0.3, 0.4) is 0 Å². The second-order valence-corrected chi connectivity index (χ2v) is 7.20. The van der Waals surface area contributed by atoms with Crippen LogP contribution in [-0.4, -0.2) is 68.0 Å². The highest BCUT2D eigenvalue weighted by Gasteiger charge is 2.38. The van der Waals surface area contributed by atoms with Crippen molar-refractivity contribution in [1.82, 2.24) is 25.0 Å². The number of carboxylic acid groups (broad SMARTS) is 1. The standard InChI is InChI=1S/C16H20FN5O.C2HF3O2/c1-11-4-5-12(8-13(11)17)22-10-19-14(20-22)15(23)21-7-6-18-9-16(21,2)3;3-2(4,5)1(6)7/h4-5,8,10,18H,6-7,9H2,1-3H3;(H,6,7). The summed E-state index contributed by atoms with van der Waals surface area (Å²) in [5.74, 6) is -3.15. The maximum atomic E-state index is 13.7. The van der Waals surface area contributed by atoms with Gasteiger partial charge in [0.1, 0.15) is 12.1 Å². The van der Waals surface area contributed by atoms with Crippen LogP contribution in [-0.2, 0) is 4.79 Å². The first-order chi connectivity index (χ1) is 13.8. The molecule has 164 valence electrons. The summed E-state index contributed by atoms with van der Waals surface area (Å²) in [6.07, 6.45) is -3.65. The Morgan fingerprint density at radius 2 is 1.90 bits per heavy atom. The third kappa shape index (κ3) is 5.53. The van der Waals surface area contributed by atoms with Crippen LogP contribution in [0.2, 0.25) is 0 Å². The minimum absolute atomic E-state index is 0.126. The predicted molar refractivity (Wildman–Crippen MR) is 97.7 cm³/mol. The average Bonchev–Trinajstić information content (AvgIpc) is 3.13. The van der Waals surface area contributed by atoms with E-state index in [1.807, 2.05) is 13.8 Å². The average molecular weight is 431 g/mol. The number of alkyl halides is 3. The lowest BCUT2D eigenvalue weighted by Gasteiger charge is -2.42. The maximum absolute atomic E-state index is 13.7. The van der Waals surface area contributed by atoms with Crippen LogP contribution in [0, 0.1) is 12.7 Å². The van der Waals surface area contributed by atoms with E-state index >= 15 is 0 Å². The fourth-order valence-electron chi connectivity index (χ4n) is 2.69. The summed E-state index contributed by atoms with van der Waals surface area (Å²) in [6.45, 7) is 7.79. The number of carbonyl (C=O) groups is 2. The summed E-state index contributed by atoms with van der Waals surface area (Å²) in [6, 6.07) is 4.80. The molecule has 1 amide bonds. The van der Waals surface area contributed by atoms with Gasteiger partial charge in [-0.25, -0.2) is 18.9 Å². The molecule has 2 heterocycles. The lowest BCUT2D eigenvalue weighted by molar-refractivity contribution is -0.192. The SMILES string of the molecule is Cc1ccc(-n2cnc(C(=O)N3CCNCC3(C)C)n2)cc1F.O=C(O)C(F)(F)F. The van der Waals surface area contributed by atoms with Crippen molar-refractivity contribution in [3.8, 4) is 5.69 Å². The normalized spacial score (nSPS) is 15.9. The molecule has 1 aliphatic heterocycles. The van der Waals surface area contributed by atoms with Crippen LogP contribution < -0.4 is 5.32 Å². The van der Waals surface area contributed by atoms with Crippen LogP contribution in [0.1, 0.15) is 30.0 Å². The Morgan fingerprint density at radius 3 is 2.43 bits per heavy atom. The number of aryl methyl sites for hydroxylation is 1. The molecule has 0 saturated carbocycles. The molecule has 0 unspecified atom stereocenters. The molecule has 0 aliphatic carbocycles. The fourth-order valence-corrected chi connectivity index (χ4v) is 2.69. The molecule has 8 nitrogen and oxygen atoms in total. The monoisotopic (exact) mass is 431 g/mol. The Hall–Kier alpha value is -3.02. The van der Waals surface area contributed by atoms with Crippen molar-refractivity contribution < 1.29 is 32.3 Å². The quantitative estimate of drug-likeness (QED) is 0.707. The van der Waals surface area contributed by atoms with Crippen LogP contribution >= 0.6 is 0 Å². The predicted octanol–water partition coefficient (Wildman–Crippen LogP) is 2.17. The van der Waals surface area contributed by atoms with E-state index in [1.165, 1.54) is 17.1 Å². The maximum Gasteiger partial charge on any atom is 0.490 e. The van der Waals surface area contributed by atoms with Gasteiger partial charge in [0, 0.05) is 19.6 Å². The Balaban J connectivity index is 0.000000396. The van der Waals surface area contributed by atoms with Gasteiger partial charge < -0.3 is 15.3 Å². The zero-order valence-corrected chi connectivity index (χ0v) is 16.5. The highest BCUT2D eigenvalue weighted by molar-refractivity contribution is 5.91. The van der Waals surface area contributed by atoms with Crippen LogP contribution in [0.4, 0.5) is 17.6 Å². The zero-order chi connectivity index (χ0) is 22.7. The number of carboxylic acids is 1. The number of halogens is 4. The molecule has 1 aliphatic rings. The fraction of sp³-hybridized carbons (Fsp3) is 0.444. The van der Waals surface area contributed by atoms with Gasteiger partial charge >= 0.3 is 12.1 Å². The third-order valence-corrected chi connectivity index (χ3v) is 4.39. The molecule has 1 fully saturated rings. The van der Waals surface area contributed by atoms with Crippen molar-refractivity contribution in [3.63, 3.8) is 0 Å². The molecule has 1 aromatic carbocycles. The summed E-state index contributed by atoms with van der Waals surface area (Å²) in [5, 5.41) is 14.6. The Bertz CT molecular complexity index is 927. The van der Waals surface area contributed by atoms with Crippen LogP contribution in [0.15, 0.2) is 24.5 Å². The Morgan fingerprint density at radius 1 is 1.27 bits per heavy atom. The van der Waals surface area contributed by atoms with E-state index in [4.69, 9.17) is 9.90 Å². The molecule has 12 heteroatoms. The topological polar surface area (TPSA) is 100 Å². The van der Waals surface area contributed by atoms with E-state index in [-0.39, 0.29) is 23.1 Å². The van der Waals surface area contributed by atoms with Gasteiger partial charge in [0.05, 0.1) is 11.2 Å². The molecule has 0 radical (unpaired) electrons. The number of benzene rings is 1. The lowest BCUT2D eigenvalue weighted by Crippen LogP contribution is -2.60. The summed E-state index contributed by atoms with van der Waals surface area (Å²) >= 11 is 0. The van der Waals surface area contributed by atoms with Gasteiger partial charge in [0.25, 0.3) is 5.91 Å². The molecular formula is C18H21F4N5O3. The molecule has 3 rings (SSSR count). The summed E-state index contributed by atoms with van der Waals surface area (Å²) < 4.78 is 46.8. The van der Waals surface area contributed by atoms with E-state index in [0.717, 1.165) is 13.1 Å². The van der Waals surface area contributed by atoms with Gasteiger partial charge in [-0.05, 0) is 38.5 Å². The second kappa shape index (κ2) is 8.78. The van der Waals surface area contributed by atoms with Crippen molar-refractivity contribution in [2.24, 2.45) is 0 Å². The molecule has 2 aromatic rings. The molecular weight excluding hydrogens is 410 g/mol. The number of carbonyl (C=O) groups excluding carboxylic acids is 1. The Kier molecular flexibility index (Phi) is 6.80. The lowest BCUT2D eigenvalue weighted by atomic mass is 10.00. The summed E-state index contributed by atoms with van der Waals surface area (Å²) in [4.78, 5) is 27.4. The van der Waals surface area contributed by atoms with E-state index < -0.39 is 12.1 Å². The van der Waals surface area contributed by atoms with Gasteiger partial charge in [-0.1, -0.05) is 6.07 Å². The number of aliphatic carboxylic acids is 1. The molecule has 0 spiro atoms. The Labute approximate surface area is 169 Å². The van der Waals surface area contributed by atoms with Crippen molar-refractivity contribution in [1.29, 1.82) is 0 Å². The minimum atomic E-state index is -5.08. The molecule has 0 bridgehead atoms. The van der Waals surface area contributed by atoms with Crippen molar-refractivity contribution in [3.05, 3.63) is 41.7 Å². The molecule has 30 heavy (non-hydrogen) atoms. The number of nitrogens with zero attached hydrogens (tertiary/aromatic N) is 4. The van der Waals surface area contributed by atoms with Gasteiger partial charge in [-0.3, -0.25) is 4.79 Å². The zero-order valence-electron chi connectivity index (χ0n) is 16.5. The summed E-state index contributed by atoms with van der Waals surface area (Å²) in [5.41, 5.74) is 0.809. The number of rotatable bonds is 2. The van der Waals surface area contributed by atoms with E-state index in [0.29, 0.717) is 17.8 Å². The number of aromatic nitrogens is 3. The van der Waals surface area contributed by atoms with Crippen molar-refractivity contribution >= 4 is 11.9 Å². The molecule has 0 atom stereocenters. The molecule has 2 N–H and O–H groups in total. The number of amides is 1. The highest BCUT2D eigenvalue weighted by atomic mass is 19.4. The minimum Gasteiger partial charge on any atom is -0.475 e. The number of piperazine rings is 1. The third-order valence-electron chi connectivity index (χ3n) is 4.39. The van der Waals surface area contributed by atoms with Crippen LogP contribution in [0.5, 0.6) is 0 Å². The largest absolute Gasteiger partial charge is 0.490 e. The highest BCUT2D eigenvalue weighted by Crippen LogP contribution is 2.19. The smallest absolute Gasteiger partial charge is 0.475 e. The van der Waals surface area contributed by atoms with E-state index in [9.17, 15) is 22.4 Å². The number of hydrogen-bond acceptors (Lipinski definition) is 5. The van der Waals surface area contributed by atoms with E-state index in [1.54, 1.807) is 24.0 Å². The van der Waals surface area contributed by atoms with Crippen molar-refractivity contribution in [2.75, 3.05) is 19.6 Å². The first-order valence-electron chi connectivity index (χ1n) is 8.84. The first-order valence-corrected chi connectivity index (χ1v) is 8.84. The van der Waals surface area contributed by atoms with Gasteiger partial charge in [0.15, 0.2) is 0 Å². The van der Waals surface area contributed by atoms with Crippen molar-refractivity contribution in [2.45, 2.75) is 32.5 Å². The number of nitrogens with one attached hydrogen (secondary N) is 1.